The molecule has 36 heavy (non-hydrogen) atoms. The van der Waals surface area contributed by atoms with E-state index in [0.29, 0.717) is 17.0 Å². The van der Waals surface area contributed by atoms with Crippen LogP contribution in [-0.2, 0) is 0 Å². The van der Waals surface area contributed by atoms with Crippen LogP contribution >= 0.6 is 0 Å². The van der Waals surface area contributed by atoms with Gasteiger partial charge in [-0.2, -0.15) is 0 Å². The Labute approximate surface area is 215 Å². The van der Waals surface area contributed by atoms with Gasteiger partial charge in [0.1, 0.15) is 17.5 Å². The number of benzene rings is 2. The largest absolute Gasteiger partial charge is 0.251 e. The van der Waals surface area contributed by atoms with Crippen molar-refractivity contribution in [3.8, 4) is 11.1 Å². The van der Waals surface area contributed by atoms with Crippen LogP contribution in [0.15, 0.2) is 48.6 Å². The lowest BCUT2D eigenvalue weighted by atomic mass is 9.68. The highest BCUT2D eigenvalue weighted by molar-refractivity contribution is 5.63. The monoisotopic (exact) mass is 502 g/mol. The summed E-state index contributed by atoms with van der Waals surface area (Å²) in [6.45, 7) is 3.39. The number of allylic oxidation sites excluding steroid dienone is 2. The van der Waals surface area contributed by atoms with Crippen molar-refractivity contribution in [3.05, 3.63) is 71.6 Å². The van der Waals surface area contributed by atoms with Gasteiger partial charge in [-0.3, -0.25) is 4.39 Å². The summed E-state index contributed by atoms with van der Waals surface area (Å²) >= 11 is 0. The molecule has 2 aliphatic rings. The van der Waals surface area contributed by atoms with Gasteiger partial charge < -0.3 is 0 Å². The average Bonchev–Trinajstić information content (AvgIpc) is 2.89. The molecule has 2 aliphatic carbocycles. The van der Waals surface area contributed by atoms with E-state index in [1.54, 1.807) is 0 Å². The summed E-state index contributed by atoms with van der Waals surface area (Å²) in [7, 11) is 0. The minimum Gasteiger partial charge on any atom is -0.251 e. The highest BCUT2D eigenvalue weighted by Gasteiger charge is 2.30. The molecule has 2 saturated carbocycles. The van der Waals surface area contributed by atoms with Crippen LogP contribution < -0.4 is 0 Å². The van der Waals surface area contributed by atoms with Gasteiger partial charge in [-0.25, -0.2) is 13.2 Å². The normalized spacial score (nSPS) is 24.4. The van der Waals surface area contributed by atoms with Crippen molar-refractivity contribution < 1.29 is 17.6 Å². The van der Waals surface area contributed by atoms with Gasteiger partial charge in [-0.1, -0.05) is 50.0 Å². The third kappa shape index (κ3) is 8.49. The number of alkyl halides is 1. The molecule has 0 radical (unpaired) electrons. The topological polar surface area (TPSA) is 0 Å². The summed E-state index contributed by atoms with van der Waals surface area (Å²) in [6, 6.07) is 7.96. The van der Waals surface area contributed by atoms with E-state index in [1.807, 2.05) is 0 Å². The Kier molecular flexibility index (Phi) is 11.5. The van der Waals surface area contributed by atoms with E-state index >= 15 is 0 Å². The zero-order valence-electron chi connectivity index (χ0n) is 21.9. The van der Waals surface area contributed by atoms with E-state index in [1.165, 1.54) is 108 Å². The number of halogens is 4. The molecule has 2 aromatic rings. The molecule has 2 aromatic carbocycles. The molecule has 0 bridgehead atoms. The summed E-state index contributed by atoms with van der Waals surface area (Å²) in [5.41, 5.74) is 0.977. The summed E-state index contributed by atoms with van der Waals surface area (Å²) in [4.78, 5) is 0. The first-order valence-corrected chi connectivity index (χ1v) is 13.8. The Hall–Kier alpha value is -2.10. The fraction of sp³-hybridized carbons (Fsp3) is 0.562. The van der Waals surface area contributed by atoms with Crippen molar-refractivity contribution in [1.82, 2.24) is 0 Å². The molecular weight excluding hydrogens is 460 g/mol. The summed E-state index contributed by atoms with van der Waals surface area (Å²) in [5.74, 6) is 2.09. The van der Waals surface area contributed by atoms with E-state index in [-0.39, 0.29) is 18.1 Å². The molecule has 0 N–H and O–H groups in total. The SMILES string of the molecule is C/C=C/CCC1CCC(C2CCC(CCF)CC2)CC1.Cc1c(F)cc(-c2ccc(F)cc2)cc1F. The number of hydrogen-bond donors (Lipinski definition) is 0. The second kappa shape index (κ2) is 14.6. The van der Waals surface area contributed by atoms with Crippen molar-refractivity contribution in [1.29, 1.82) is 0 Å². The lowest BCUT2D eigenvalue weighted by molar-refractivity contribution is 0.139. The van der Waals surface area contributed by atoms with Crippen molar-refractivity contribution in [2.24, 2.45) is 23.7 Å². The minimum atomic E-state index is -0.598. The van der Waals surface area contributed by atoms with Gasteiger partial charge >= 0.3 is 0 Å². The Morgan fingerprint density at radius 1 is 0.722 bits per heavy atom. The first kappa shape index (κ1) is 28.5. The Balaban J connectivity index is 0.000000205. The van der Waals surface area contributed by atoms with Gasteiger partial charge in [-0.15, -0.1) is 0 Å². The van der Waals surface area contributed by atoms with Crippen molar-refractivity contribution >= 4 is 0 Å². The second-order valence-corrected chi connectivity index (χ2v) is 10.8. The van der Waals surface area contributed by atoms with Crippen LogP contribution in [0.1, 0.15) is 83.1 Å². The second-order valence-electron chi connectivity index (χ2n) is 10.8. The molecule has 4 heteroatoms. The Morgan fingerprint density at radius 2 is 1.22 bits per heavy atom. The fourth-order valence-corrected chi connectivity index (χ4v) is 6.00. The Morgan fingerprint density at radius 3 is 1.69 bits per heavy atom. The van der Waals surface area contributed by atoms with E-state index < -0.39 is 11.6 Å². The van der Waals surface area contributed by atoms with E-state index in [4.69, 9.17) is 0 Å². The molecule has 0 nitrogen and oxygen atoms in total. The summed E-state index contributed by atoms with van der Waals surface area (Å²) in [6.07, 6.45) is 19.3. The van der Waals surface area contributed by atoms with Gasteiger partial charge in [-0.05, 0) is 118 Å². The van der Waals surface area contributed by atoms with Gasteiger partial charge in [0.2, 0.25) is 0 Å². The highest BCUT2D eigenvalue weighted by Crippen LogP contribution is 2.42. The van der Waals surface area contributed by atoms with Gasteiger partial charge in [0, 0.05) is 5.56 Å². The van der Waals surface area contributed by atoms with Crippen molar-refractivity contribution in [3.63, 3.8) is 0 Å². The molecule has 0 amide bonds. The molecule has 0 heterocycles. The standard InChI is InChI=1S/C19H33F.C13H9F3/c1-2-3-4-5-16-6-10-18(11-7-16)19-12-8-17(9-13-19)14-15-20;1-8-12(15)6-10(7-13(8)16)9-2-4-11(14)5-3-9/h2-3,16-19H,4-15H2,1H3;2-7H,1H3/b3-2+;. The van der Waals surface area contributed by atoms with Crippen LogP contribution in [0.25, 0.3) is 11.1 Å². The highest BCUT2D eigenvalue weighted by atomic mass is 19.1. The molecule has 0 aliphatic heterocycles. The predicted octanol–water partition coefficient (Wildman–Crippen LogP) is 10.4. The predicted molar refractivity (Wildman–Crippen MR) is 142 cm³/mol. The van der Waals surface area contributed by atoms with Crippen molar-refractivity contribution in [2.45, 2.75) is 84.5 Å². The smallest absolute Gasteiger partial charge is 0.129 e. The molecule has 0 atom stereocenters. The number of rotatable bonds is 7. The first-order valence-electron chi connectivity index (χ1n) is 13.8. The molecule has 198 valence electrons. The number of hydrogen-bond acceptors (Lipinski definition) is 0. The minimum absolute atomic E-state index is 0.00846. The molecule has 0 spiro atoms. The maximum atomic E-state index is 13.3. The quantitative estimate of drug-likeness (QED) is 0.261. The van der Waals surface area contributed by atoms with Crippen LogP contribution in [0.5, 0.6) is 0 Å². The van der Waals surface area contributed by atoms with Crippen LogP contribution in [0.2, 0.25) is 0 Å². The first-order chi connectivity index (χ1) is 17.4. The third-order valence-corrected chi connectivity index (χ3v) is 8.40. The molecular formula is C32H42F4. The fourth-order valence-electron chi connectivity index (χ4n) is 6.00. The van der Waals surface area contributed by atoms with E-state index in [9.17, 15) is 17.6 Å². The average molecular weight is 503 g/mol. The maximum absolute atomic E-state index is 13.3. The Bertz CT molecular complexity index is 910. The van der Waals surface area contributed by atoms with Crippen molar-refractivity contribution in [2.75, 3.05) is 6.67 Å². The van der Waals surface area contributed by atoms with E-state index in [2.05, 4.69) is 19.1 Å². The van der Waals surface area contributed by atoms with Gasteiger partial charge in [0.05, 0.1) is 6.67 Å². The summed E-state index contributed by atoms with van der Waals surface area (Å²) < 4.78 is 51.7. The van der Waals surface area contributed by atoms with Crippen LogP contribution in [0.4, 0.5) is 17.6 Å². The zero-order valence-corrected chi connectivity index (χ0v) is 21.9. The molecule has 0 saturated heterocycles. The maximum Gasteiger partial charge on any atom is 0.129 e. The lowest BCUT2D eigenvalue weighted by Crippen LogP contribution is -2.26. The molecule has 0 unspecified atom stereocenters. The zero-order chi connectivity index (χ0) is 25.9. The molecule has 2 fully saturated rings. The van der Waals surface area contributed by atoms with Gasteiger partial charge in [0.25, 0.3) is 0 Å². The molecule has 0 aromatic heterocycles. The summed E-state index contributed by atoms with van der Waals surface area (Å²) in [5, 5.41) is 0. The van der Waals surface area contributed by atoms with Crippen LogP contribution in [0.3, 0.4) is 0 Å². The van der Waals surface area contributed by atoms with Crippen LogP contribution in [-0.4, -0.2) is 6.67 Å². The van der Waals surface area contributed by atoms with Gasteiger partial charge in [0.15, 0.2) is 0 Å². The third-order valence-electron chi connectivity index (χ3n) is 8.40. The van der Waals surface area contributed by atoms with E-state index in [0.717, 1.165) is 24.2 Å². The lowest BCUT2D eigenvalue weighted by Gasteiger charge is -2.37. The molecule has 4 rings (SSSR count). The van der Waals surface area contributed by atoms with Crippen LogP contribution in [0, 0.1) is 48.0 Å².